The molecular weight excluding hydrogens is 272 g/mol. The predicted octanol–water partition coefficient (Wildman–Crippen LogP) is 0.144. The fourth-order valence-electron chi connectivity index (χ4n) is 2.41. The molecule has 0 amide bonds. The van der Waals surface area contributed by atoms with E-state index in [2.05, 4.69) is 5.10 Å². The van der Waals surface area contributed by atoms with Crippen molar-refractivity contribution in [2.45, 2.75) is 24.9 Å². The van der Waals surface area contributed by atoms with Gasteiger partial charge in [-0.25, -0.2) is 0 Å². The van der Waals surface area contributed by atoms with Gasteiger partial charge in [-0.2, -0.15) is 5.10 Å². The normalized spacial score (nSPS) is 18.0. The molecule has 1 aliphatic rings. The van der Waals surface area contributed by atoms with Gasteiger partial charge in [-0.1, -0.05) is 0 Å². The molecule has 1 aromatic rings. The van der Waals surface area contributed by atoms with Crippen LogP contribution in [-0.4, -0.2) is 67.0 Å². The van der Waals surface area contributed by atoms with Gasteiger partial charge in [0.1, 0.15) is 5.69 Å². The van der Waals surface area contributed by atoms with Crippen LogP contribution < -0.4 is 10.5 Å². The number of aromatic nitrogens is 2. The highest BCUT2D eigenvalue weighted by atomic mass is 16.5. The molecule has 0 unspecified atom stereocenters. The summed E-state index contributed by atoms with van der Waals surface area (Å²) in [5, 5.41) is 4.26. The molecule has 0 aromatic carbocycles. The van der Waals surface area contributed by atoms with Gasteiger partial charge in [0.05, 0.1) is 25.4 Å². The van der Waals surface area contributed by atoms with Crippen LogP contribution in [0.3, 0.4) is 0 Å². The maximum Gasteiger partial charge on any atom is 0.204 e. The van der Waals surface area contributed by atoms with Crippen molar-refractivity contribution in [2.75, 3.05) is 41.0 Å². The number of methoxy groups -OCH3 is 1. The first-order valence-corrected chi connectivity index (χ1v) is 7.14. The van der Waals surface area contributed by atoms with Crippen LogP contribution in [0.4, 0.5) is 0 Å². The van der Waals surface area contributed by atoms with Crippen molar-refractivity contribution in [3.63, 3.8) is 0 Å². The van der Waals surface area contributed by atoms with Gasteiger partial charge in [0.15, 0.2) is 5.75 Å². The zero-order chi connectivity index (χ0) is 15.5. The maximum atomic E-state index is 12.9. The first kappa shape index (κ1) is 15.9. The largest absolute Gasteiger partial charge is 0.493 e. The number of ketones is 1. The van der Waals surface area contributed by atoms with Crippen molar-refractivity contribution >= 4 is 5.78 Å². The molecule has 1 aromatic heterocycles. The Morgan fingerprint density at radius 2 is 2.19 bits per heavy atom. The average molecular weight is 296 g/mol. The number of carbonyl (C=O) groups excluding carboxylic acids is 1. The molecule has 0 aliphatic carbocycles. The summed E-state index contributed by atoms with van der Waals surface area (Å²) in [4.78, 5) is 14.9. The SMILES string of the molecule is COc1cnn(CCN(C)C)c1C(=O)C1(N)CCOCC1. The Balaban J connectivity index is 2.27. The molecule has 0 atom stereocenters. The van der Waals surface area contributed by atoms with E-state index in [9.17, 15) is 4.79 Å². The fourth-order valence-corrected chi connectivity index (χ4v) is 2.41. The van der Waals surface area contributed by atoms with Crippen LogP contribution in [-0.2, 0) is 11.3 Å². The lowest BCUT2D eigenvalue weighted by Crippen LogP contribution is -2.52. The maximum absolute atomic E-state index is 12.9. The van der Waals surface area contributed by atoms with Crippen LogP contribution in [0.1, 0.15) is 23.3 Å². The first-order chi connectivity index (χ1) is 9.98. The number of hydrogen-bond donors (Lipinski definition) is 1. The van der Waals surface area contributed by atoms with Gasteiger partial charge < -0.3 is 20.1 Å². The Labute approximate surface area is 125 Å². The number of rotatable bonds is 6. The van der Waals surface area contributed by atoms with Gasteiger partial charge >= 0.3 is 0 Å². The van der Waals surface area contributed by atoms with E-state index in [-0.39, 0.29) is 5.78 Å². The highest BCUT2D eigenvalue weighted by Gasteiger charge is 2.39. The van der Waals surface area contributed by atoms with Crippen LogP contribution in [0.2, 0.25) is 0 Å². The van der Waals surface area contributed by atoms with Crippen molar-refractivity contribution < 1.29 is 14.3 Å². The molecule has 1 aliphatic heterocycles. The summed E-state index contributed by atoms with van der Waals surface area (Å²) in [6.45, 7) is 2.42. The van der Waals surface area contributed by atoms with Gasteiger partial charge in [-0.3, -0.25) is 9.48 Å². The van der Waals surface area contributed by atoms with Crippen molar-refractivity contribution in [1.29, 1.82) is 0 Å². The van der Waals surface area contributed by atoms with Crippen molar-refractivity contribution in [2.24, 2.45) is 5.73 Å². The summed E-state index contributed by atoms with van der Waals surface area (Å²) >= 11 is 0. The molecule has 118 valence electrons. The number of Topliss-reactive ketones (excluding diaryl/α,β-unsaturated/α-hetero) is 1. The van der Waals surface area contributed by atoms with Gasteiger partial charge in [0.25, 0.3) is 0 Å². The fraction of sp³-hybridized carbons (Fsp3) is 0.714. The summed E-state index contributed by atoms with van der Waals surface area (Å²) in [7, 11) is 5.49. The van der Waals surface area contributed by atoms with E-state index >= 15 is 0 Å². The second-order valence-corrected chi connectivity index (χ2v) is 5.69. The van der Waals surface area contributed by atoms with E-state index in [4.69, 9.17) is 15.2 Å². The summed E-state index contributed by atoms with van der Waals surface area (Å²) in [5.74, 6) is 0.369. The van der Waals surface area contributed by atoms with Crippen molar-refractivity contribution in [3.8, 4) is 5.75 Å². The smallest absolute Gasteiger partial charge is 0.204 e. The summed E-state index contributed by atoms with van der Waals surface area (Å²) in [5.41, 5.74) is 5.88. The molecule has 2 heterocycles. The van der Waals surface area contributed by atoms with Crippen molar-refractivity contribution in [3.05, 3.63) is 11.9 Å². The van der Waals surface area contributed by atoms with E-state index < -0.39 is 5.54 Å². The minimum Gasteiger partial charge on any atom is -0.493 e. The zero-order valence-corrected chi connectivity index (χ0v) is 13.0. The lowest BCUT2D eigenvalue weighted by atomic mass is 9.85. The van der Waals surface area contributed by atoms with Crippen LogP contribution in [0.25, 0.3) is 0 Å². The molecule has 1 saturated heterocycles. The van der Waals surface area contributed by atoms with Crippen LogP contribution in [0.15, 0.2) is 6.20 Å². The second kappa shape index (κ2) is 6.55. The minimum atomic E-state index is -0.887. The number of nitrogens with zero attached hydrogens (tertiary/aromatic N) is 3. The highest BCUT2D eigenvalue weighted by Crippen LogP contribution is 2.27. The summed E-state index contributed by atoms with van der Waals surface area (Å²) < 4.78 is 12.3. The van der Waals surface area contributed by atoms with Crippen LogP contribution >= 0.6 is 0 Å². The molecule has 0 saturated carbocycles. The quantitative estimate of drug-likeness (QED) is 0.752. The topological polar surface area (TPSA) is 82.6 Å². The first-order valence-electron chi connectivity index (χ1n) is 7.14. The Hall–Kier alpha value is -1.44. The number of nitrogens with two attached hydrogens (primary N) is 1. The minimum absolute atomic E-state index is 0.112. The molecule has 0 bridgehead atoms. The second-order valence-electron chi connectivity index (χ2n) is 5.69. The van der Waals surface area contributed by atoms with Gasteiger partial charge in [0.2, 0.25) is 5.78 Å². The van der Waals surface area contributed by atoms with Gasteiger partial charge in [-0.15, -0.1) is 0 Å². The van der Waals surface area contributed by atoms with E-state index in [0.29, 0.717) is 44.0 Å². The highest BCUT2D eigenvalue weighted by molar-refractivity contribution is 6.03. The molecular formula is C14H24N4O3. The summed E-state index contributed by atoms with van der Waals surface area (Å²) in [6, 6.07) is 0. The predicted molar refractivity (Wildman–Crippen MR) is 78.6 cm³/mol. The molecule has 0 spiro atoms. The van der Waals surface area contributed by atoms with Crippen LogP contribution in [0, 0.1) is 0 Å². The molecule has 0 radical (unpaired) electrons. The Morgan fingerprint density at radius 1 is 1.52 bits per heavy atom. The molecule has 7 heteroatoms. The van der Waals surface area contributed by atoms with E-state index in [1.165, 1.54) is 7.11 Å². The summed E-state index contributed by atoms with van der Waals surface area (Å²) in [6.07, 6.45) is 2.62. The molecule has 1 fully saturated rings. The molecule has 2 N–H and O–H groups in total. The Bertz CT molecular complexity index is 492. The third kappa shape index (κ3) is 3.42. The van der Waals surface area contributed by atoms with E-state index in [0.717, 1.165) is 6.54 Å². The third-order valence-corrected chi connectivity index (χ3v) is 3.84. The lowest BCUT2D eigenvalue weighted by molar-refractivity contribution is 0.0439. The number of likely N-dealkylation sites (N-methyl/N-ethyl adjacent to an activating group) is 1. The standard InChI is InChI=1S/C14H24N4O3/c1-17(2)6-7-18-12(11(20-3)10-16-18)13(19)14(15)4-8-21-9-5-14/h10H,4-9,15H2,1-3H3. The Morgan fingerprint density at radius 3 is 2.76 bits per heavy atom. The number of carbonyl (C=O) groups is 1. The average Bonchev–Trinajstić information content (AvgIpc) is 2.87. The lowest BCUT2D eigenvalue weighted by Gasteiger charge is -2.32. The molecule has 21 heavy (non-hydrogen) atoms. The van der Waals surface area contributed by atoms with Gasteiger partial charge in [-0.05, 0) is 26.9 Å². The van der Waals surface area contributed by atoms with Crippen LogP contribution in [0.5, 0.6) is 5.75 Å². The van der Waals surface area contributed by atoms with Gasteiger partial charge in [0, 0.05) is 19.8 Å². The number of ether oxygens (including phenoxy) is 2. The number of hydrogen-bond acceptors (Lipinski definition) is 6. The molecule has 2 rings (SSSR count). The zero-order valence-electron chi connectivity index (χ0n) is 13.0. The third-order valence-electron chi connectivity index (χ3n) is 3.84. The van der Waals surface area contributed by atoms with E-state index in [1.54, 1.807) is 10.9 Å². The molecule has 7 nitrogen and oxygen atoms in total. The van der Waals surface area contributed by atoms with E-state index in [1.807, 2.05) is 19.0 Å². The monoisotopic (exact) mass is 296 g/mol. The Kier molecular flexibility index (Phi) is 4.97. The van der Waals surface area contributed by atoms with Crippen molar-refractivity contribution in [1.82, 2.24) is 14.7 Å².